The molecule has 1 fully saturated rings. The summed E-state index contributed by atoms with van der Waals surface area (Å²) >= 11 is 0. The molecular formula is C13H30N4O2S. The van der Waals surface area contributed by atoms with Gasteiger partial charge in [0.1, 0.15) is 0 Å². The summed E-state index contributed by atoms with van der Waals surface area (Å²) in [5.41, 5.74) is 5.62. The van der Waals surface area contributed by atoms with E-state index in [1.54, 1.807) is 4.31 Å². The highest BCUT2D eigenvalue weighted by atomic mass is 32.2. The van der Waals surface area contributed by atoms with Gasteiger partial charge in [0.2, 0.25) is 0 Å². The highest BCUT2D eigenvalue weighted by Gasteiger charge is 2.26. The monoisotopic (exact) mass is 306 g/mol. The van der Waals surface area contributed by atoms with Crippen LogP contribution in [-0.2, 0) is 10.2 Å². The number of nitrogens with two attached hydrogens (primary N) is 1. The molecular weight excluding hydrogens is 276 g/mol. The van der Waals surface area contributed by atoms with Gasteiger partial charge in [0, 0.05) is 25.7 Å². The molecule has 1 aliphatic heterocycles. The minimum Gasteiger partial charge on any atom is -0.330 e. The van der Waals surface area contributed by atoms with Crippen LogP contribution in [0.5, 0.6) is 0 Å². The van der Waals surface area contributed by atoms with Crippen LogP contribution in [0.2, 0.25) is 0 Å². The zero-order valence-corrected chi connectivity index (χ0v) is 13.8. The minimum absolute atomic E-state index is 0.473. The first-order valence-electron chi connectivity index (χ1n) is 7.52. The fourth-order valence-corrected chi connectivity index (χ4v) is 3.54. The van der Waals surface area contributed by atoms with E-state index in [1.165, 1.54) is 0 Å². The third-order valence-electron chi connectivity index (χ3n) is 4.10. The maximum absolute atomic E-state index is 12.1. The van der Waals surface area contributed by atoms with Gasteiger partial charge in [-0.15, -0.1) is 0 Å². The van der Waals surface area contributed by atoms with Gasteiger partial charge in [0.25, 0.3) is 10.2 Å². The van der Waals surface area contributed by atoms with Crippen LogP contribution in [-0.4, -0.2) is 63.4 Å². The fourth-order valence-electron chi connectivity index (χ4n) is 2.26. The van der Waals surface area contributed by atoms with Gasteiger partial charge in [-0.3, -0.25) is 0 Å². The van der Waals surface area contributed by atoms with E-state index in [1.807, 2.05) is 0 Å². The van der Waals surface area contributed by atoms with E-state index >= 15 is 0 Å². The predicted octanol–water partition coefficient (Wildman–Crippen LogP) is 0.222. The molecule has 0 aromatic heterocycles. The maximum atomic E-state index is 12.1. The number of hydrogen-bond acceptors (Lipinski definition) is 4. The van der Waals surface area contributed by atoms with Crippen LogP contribution in [0.1, 0.15) is 33.1 Å². The zero-order chi connectivity index (χ0) is 15.2. The molecule has 20 heavy (non-hydrogen) atoms. The Hall–Kier alpha value is -0.210. The van der Waals surface area contributed by atoms with Crippen molar-refractivity contribution in [1.82, 2.24) is 13.9 Å². The molecule has 120 valence electrons. The summed E-state index contributed by atoms with van der Waals surface area (Å²) in [7, 11) is -1.26. The van der Waals surface area contributed by atoms with Gasteiger partial charge in [0.15, 0.2) is 0 Å². The molecule has 1 aliphatic rings. The van der Waals surface area contributed by atoms with E-state index in [0.29, 0.717) is 38.1 Å². The van der Waals surface area contributed by atoms with Crippen molar-refractivity contribution in [2.45, 2.75) is 39.2 Å². The normalized spacial score (nSPS) is 19.1. The average Bonchev–Trinajstić information content (AvgIpc) is 2.43. The SMILES string of the molecule is CC(C)N(C)CCCNS(=O)(=O)N1CCC(CN)CC1. The lowest BCUT2D eigenvalue weighted by atomic mass is 9.99. The number of nitrogens with one attached hydrogen (secondary N) is 1. The van der Waals surface area contributed by atoms with Gasteiger partial charge in [-0.1, -0.05) is 0 Å². The Morgan fingerprint density at radius 1 is 1.35 bits per heavy atom. The third-order valence-corrected chi connectivity index (χ3v) is 5.71. The number of rotatable bonds is 8. The summed E-state index contributed by atoms with van der Waals surface area (Å²) < 4.78 is 28.5. The van der Waals surface area contributed by atoms with Crippen LogP contribution in [0, 0.1) is 5.92 Å². The van der Waals surface area contributed by atoms with E-state index < -0.39 is 10.2 Å². The quantitative estimate of drug-likeness (QED) is 0.629. The second-order valence-corrected chi connectivity index (χ2v) is 7.66. The van der Waals surface area contributed by atoms with E-state index in [-0.39, 0.29) is 0 Å². The topological polar surface area (TPSA) is 78.7 Å². The molecule has 0 saturated carbocycles. The van der Waals surface area contributed by atoms with Crippen LogP contribution in [0.25, 0.3) is 0 Å². The lowest BCUT2D eigenvalue weighted by Crippen LogP contribution is -2.46. The van der Waals surface area contributed by atoms with Crippen LogP contribution < -0.4 is 10.5 Å². The summed E-state index contributed by atoms with van der Waals surface area (Å²) in [5.74, 6) is 0.473. The van der Waals surface area contributed by atoms with Crippen molar-refractivity contribution in [2.24, 2.45) is 11.7 Å². The molecule has 6 nitrogen and oxygen atoms in total. The van der Waals surface area contributed by atoms with Crippen LogP contribution >= 0.6 is 0 Å². The molecule has 0 aromatic rings. The van der Waals surface area contributed by atoms with Crippen molar-refractivity contribution in [3.63, 3.8) is 0 Å². The fraction of sp³-hybridized carbons (Fsp3) is 1.00. The molecule has 0 aromatic carbocycles. The van der Waals surface area contributed by atoms with Gasteiger partial charge < -0.3 is 10.6 Å². The zero-order valence-electron chi connectivity index (χ0n) is 13.0. The highest BCUT2D eigenvalue weighted by Crippen LogP contribution is 2.17. The van der Waals surface area contributed by atoms with Gasteiger partial charge in [0.05, 0.1) is 0 Å². The largest absolute Gasteiger partial charge is 0.330 e. The molecule has 1 heterocycles. The number of piperidine rings is 1. The molecule has 0 radical (unpaired) electrons. The molecule has 1 rings (SSSR count). The van der Waals surface area contributed by atoms with Crippen LogP contribution in [0.3, 0.4) is 0 Å². The van der Waals surface area contributed by atoms with Gasteiger partial charge in [-0.05, 0) is 59.2 Å². The first-order chi connectivity index (χ1) is 9.36. The molecule has 0 spiro atoms. The molecule has 0 atom stereocenters. The first-order valence-corrected chi connectivity index (χ1v) is 8.96. The molecule has 7 heteroatoms. The Bertz CT molecular complexity index is 365. The summed E-state index contributed by atoms with van der Waals surface area (Å²) in [6.45, 7) is 7.48. The van der Waals surface area contributed by atoms with Gasteiger partial charge in [-0.2, -0.15) is 12.7 Å². The van der Waals surface area contributed by atoms with Crippen molar-refractivity contribution in [3.8, 4) is 0 Å². The van der Waals surface area contributed by atoms with Crippen molar-refractivity contribution in [1.29, 1.82) is 0 Å². The highest BCUT2D eigenvalue weighted by molar-refractivity contribution is 7.87. The summed E-state index contributed by atoms with van der Waals surface area (Å²) in [5, 5.41) is 0. The Labute approximate surface area is 123 Å². The number of nitrogens with zero attached hydrogens (tertiary/aromatic N) is 2. The Balaban J connectivity index is 2.28. The van der Waals surface area contributed by atoms with Gasteiger partial charge >= 0.3 is 0 Å². The molecule has 0 aliphatic carbocycles. The molecule has 3 N–H and O–H groups in total. The lowest BCUT2D eigenvalue weighted by molar-refractivity contribution is 0.267. The Kier molecular flexibility index (Phi) is 7.39. The standard InChI is InChI=1S/C13H30N4O2S/c1-12(2)16(3)8-4-7-15-20(18,19)17-9-5-13(11-14)6-10-17/h12-13,15H,4-11,14H2,1-3H3. The Morgan fingerprint density at radius 3 is 2.45 bits per heavy atom. The molecule has 1 saturated heterocycles. The second kappa shape index (κ2) is 8.29. The Morgan fingerprint density at radius 2 is 1.95 bits per heavy atom. The molecule has 0 amide bonds. The van der Waals surface area contributed by atoms with Crippen LogP contribution in [0.15, 0.2) is 0 Å². The second-order valence-electron chi connectivity index (χ2n) is 5.91. The van der Waals surface area contributed by atoms with Crippen molar-refractivity contribution < 1.29 is 8.42 Å². The summed E-state index contributed by atoms with van der Waals surface area (Å²) in [6, 6.07) is 0.488. The van der Waals surface area contributed by atoms with E-state index in [4.69, 9.17) is 5.73 Å². The van der Waals surface area contributed by atoms with Crippen LogP contribution in [0.4, 0.5) is 0 Å². The molecule has 0 bridgehead atoms. The van der Waals surface area contributed by atoms with Crippen molar-refractivity contribution in [3.05, 3.63) is 0 Å². The number of hydrogen-bond donors (Lipinski definition) is 2. The van der Waals surface area contributed by atoms with E-state index in [9.17, 15) is 8.42 Å². The summed E-state index contributed by atoms with van der Waals surface area (Å²) in [4.78, 5) is 2.21. The first kappa shape index (κ1) is 17.8. The predicted molar refractivity (Wildman–Crippen MR) is 82.7 cm³/mol. The smallest absolute Gasteiger partial charge is 0.279 e. The van der Waals surface area contributed by atoms with Crippen molar-refractivity contribution in [2.75, 3.05) is 39.8 Å². The minimum atomic E-state index is -3.31. The maximum Gasteiger partial charge on any atom is 0.279 e. The van der Waals surface area contributed by atoms with Gasteiger partial charge in [-0.25, -0.2) is 4.72 Å². The van der Waals surface area contributed by atoms with E-state index in [2.05, 4.69) is 30.5 Å². The summed E-state index contributed by atoms with van der Waals surface area (Å²) in [6.07, 6.45) is 2.56. The molecule has 0 unspecified atom stereocenters. The van der Waals surface area contributed by atoms with E-state index in [0.717, 1.165) is 25.8 Å². The van der Waals surface area contributed by atoms with Crippen molar-refractivity contribution >= 4 is 10.2 Å². The third kappa shape index (κ3) is 5.65. The average molecular weight is 306 g/mol. The lowest BCUT2D eigenvalue weighted by Gasteiger charge is -2.30.